The molecule has 0 aromatic carbocycles. The molecule has 3 atom stereocenters. The summed E-state index contributed by atoms with van der Waals surface area (Å²) in [7, 11) is 0. The minimum atomic E-state index is -1.15. The van der Waals surface area contributed by atoms with Crippen LogP contribution in [0.3, 0.4) is 0 Å². The molecule has 0 saturated carbocycles. The van der Waals surface area contributed by atoms with Crippen molar-refractivity contribution in [3.63, 3.8) is 0 Å². The lowest BCUT2D eigenvalue weighted by Crippen LogP contribution is -2.61. The van der Waals surface area contributed by atoms with Crippen LogP contribution in [0.15, 0.2) is 34.2 Å². The number of aromatic nitrogens is 2. The number of nitrogens with zero attached hydrogens (tertiary/aromatic N) is 3. The number of carbonyl (C=O) groups is 2. The minimum absolute atomic E-state index is 0.0145. The van der Waals surface area contributed by atoms with Gasteiger partial charge in [-0.2, -0.15) is 0 Å². The molecule has 1 aromatic heterocycles. The van der Waals surface area contributed by atoms with Crippen LogP contribution in [-0.4, -0.2) is 49.1 Å². The van der Waals surface area contributed by atoms with Crippen LogP contribution in [0.5, 0.6) is 0 Å². The summed E-state index contributed by atoms with van der Waals surface area (Å²) in [6.45, 7) is 1.55. The molecule has 0 radical (unpaired) electrons. The molecule has 7 nitrogen and oxygen atoms in total. The average Bonchev–Trinajstić information content (AvgIpc) is 2.74. The molecule has 0 aliphatic carbocycles. The summed E-state index contributed by atoms with van der Waals surface area (Å²) in [6, 6.07) is 1.39. The Morgan fingerprint density at radius 1 is 1.48 bits per heavy atom. The number of carboxylic acid groups (broad SMARTS) is 1. The molecule has 1 amide bonds. The van der Waals surface area contributed by atoms with Crippen LogP contribution in [0, 0.1) is 5.92 Å². The molecular weight excluding hydrogens is 294 g/mol. The molecule has 110 valence electrons. The monoisotopic (exact) mass is 307 g/mol. The number of aliphatic carboxylic acids is 1. The number of carbonyl (C=O) groups excluding carboxylic acids is 1. The average molecular weight is 307 g/mol. The predicted molar refractivity (Wildman–Crippen MR) is 73.0 cm³/mol. The van der Waals surface area contributed by atoms with E-state index in [0.717, 1.165) is 11.8 Å². The first-order valence-electron chi connectivity index (χ1n) is 6.43. The molecule has 1 saturated heterocycles. The zero-order valence-electron chi connectivity index (χ0n) is 11.1. The van der Waals surface area contributed by atoms with E-state index in [1.807, 2.05) is 0 Å². The Labute approximate surface area is 124 Å². The summed E-state index contributed by atoms with van der Waals surface area (Å²) in [5, 5.41) is 19.4. The molecule has 2 N–H and O–H groups in total. The number of aliphatic hydroxyl groups excluding tert-OH is 1. The molecular formula is C13H13N3O4S. The van der Waals surface area contributed by atoms with Crippen molar-refractivity contribution in [2.75, 3.05) is 0 Å². The second kappa shape index (κ2) is 5.12. The lowest BCUT2D eigenvalue weighted by atomic mass is 9.83. The number of hydrogen-bond acceptors (Lipinski definition) is 6. The molecule has 0 unspecified atom stereocenters. The summed E-state index contributed by atoms with van der Waals surface area (Å²) in [4.78, 5) is 33.4. The van der Waals surface area contributed by atoms with Crippen molar-refractivity contribution in [3.8, 4) is 0 Å². The molecule has 2 aliphatic heterocycles. The molecule has 2 aliphatic rings. The maximum absolute atomic E-state index is 12.0. The third-order valence-electron chi connectivity index (χ3n) is 3.65. The standard InChI is InChI=1S/C13H13N3O4S/c1-6(17)9-7-5-8(21-13-14-3-2-4-15-13)10(12(19)20)16(7)11(9)18/h2-4,6-7,9,17H,5H2,1H3,(H,19,20)/t6-,7+,9-/m0/s1. The van der Waals surface area contributed by atoms with Crippen molar-refractivity contribution in [3.05, 3.63) is 29.1 Å². The lowest BCUT2D eigenvalue weighted by molar-refractivity contribution is -0.161. The van der Waals surface area contributed by atoms with Crippen LogP contribution in [0.4, 0.5) is 0 Å². The minimum Gasteiger partial charge on any atom is -0.477 e. The van der Waals surface area contributed by atoms with E-state index in [9.17, 15) is 19.8 Å². The number of thioether (sulfide) groups is 1. The van der Waals surface area contributed by atoms with E-state index in [4.69, 9.17) is 0 Å². The second-order valence-corrected chi connectivity index (χ2v) is 6.02. The van der Waals surface area contributed by atoms with Gasteiger partial charge in [0.25, 0.3) is 0 Å². The Morgan fingerprint density at radius 2 is 2.14 bits per heavy atom. The maximum atomic E-state index is 12.0. The van der Waals surface area contributed by atoms with Gasteiger partial charge in [0.15, 0.2) is 5.16 Å². The fourth-order valence-electron chi connectivity index (χ4n) is 2.77. The van der Waals surface area contributed by atoms with Gasteiger partial charge >= 0.3 is 5.97 Å². The summed E-state index contributed by atoms with van der Waals surface area (Å²) < 4.78 is 0. The first-order chi connectivity index (χ1) is 10.0. The highest BCUT2D eigenvalue weighted by Gasteiger charge is 2.56. The number of fused-ring (bicyclic) bond motifs is 1. The van der Waals surface area contributed by atoms with Crippen molar-refractivity contribution in [1.29, 1.82) is 0 Å². The van der Waals surface area contributed by atoms with Gasteiger partial charge in [0, 0.05) is 23.7 Å². The van der Waals surface area contributed by atoms with Crippen molar-refractivity contribution < 1.29 is 19.8 Å². The highest BCUT2D eigenvalue weighted by molar-refractivity contribution is 8.03. The van der Waals surface area contributed by atoms with E-state index in [0.29, 0.717) is 16.5 Å². The van der Waals surface area contributed by atoms with E-state index in [2.05, 4.69) is 9.97 Å². The molecule has 0 bridgehead atoms. The number of amides is 1. The molecule has 3 heterocycles. The SMILES string of the molecule is C[C@H](O)[C@@H]1C(=O)N2C(C(=O)O)=C(Sc3ncccn3)C[C@H]12. The third-order valence-corrected chi connectivity index (χ3v) is 4.65. The Morgan fingerprint density at radius 3 is 2.71 bits per heavy atom. The highest BCUT2D eigenvalue weighted by atomic mass is 32.2. The van der Waals surface area contributed by atoms with Crippen LogP contribution in [-0.2, 0) is 9.59 Å². The molecule has 21 heavy (non-hydrogen) atoms. The van der Waals surface area contributed by atoms with E-state index in [-0.39, 0.29) is 17.6 Å². The Balaban J connectivity index is 1.89. The van der Waals surface area contributed by atoms with Gasteiger partial charge in [-0.1, -0.05) is 11.8 Å². The van der Waals surface area contributed by atoms with Gasteiger partial charge < -0.3 is 15.1 Å². The zero-order chi connectivity index (χ0) is 15.1. The smallest absolute Gasteiger partial charge is 0.353 e. The van der Waals surface area contributed by atoms with Crippen molar-refractivity contribution in [2.24, 2.45) is 5.92 Å². The Hall–Kier alpha value is -1.93. The number of β-lactam (4-membered cyclic amide) rings is 1. The fourth-order valence-corrected chi connectivity index (χ4v) is 3.75. The maximum Gasteiger partial charge on any atom is 0.353 e. The second-order valence-electron chi connectivity index (χ2n) is 4.96. The third kappa shape index (κ3) is 2.20. The van der Waals surface area contributed by atoms with E-state index >= 15 is 0 Å². The van der Waals surface area contributed by atoms with E-state index in [1.165, 1.54) is 4.90 Å². The highest BCUT2D eigenvalue weighted by Crippen LogP contribution is 2.47. The predicted octanol–water partition coefficient (Wildman–Crippen LogP) is 0.476. The quantitative estimate of drug-likeness (QED) is 0.615. The van der Waals surface area contributed by atoms with Gasteiger partial charge in [0.05, 0.1) is 18.1 Å². The number of rotatable bonds is 4. The lowest BCUT2D eigenvalue weighted by Gasteiger charge is -2.44. The van der Waals surface area contributed by atoms with Crippen molar-refractivity contribution in [2.45, 2.75) is 30.6 Å². The molecule has 1 fully saturated rings. The topological polar surface area (TPSA) is 104 Å². The number of aliphatic hydroxyl groups is 1. The fraction of sp³-hybridized carbons (Fsp3) is 0.385. The van der Waals surface area contributed by atoms with Crippen molar-refractivity contribution >= 4 is 23.6 Å². The Bertz CT molecular complexity index is 632. The largest absolute Gasteiger partial charge is 0.477 e. The van der Waals surface area contributed by atoms with Crippen LogP contribution in [0.1, 0.15) is 13.3 Å². The van der Waals surface area contributed by atoms with Gasteiger partial charge in [-0.3, -0.25) is 4.79 Å². The first-order valence-corrected chi connectivity index (χ1v) is 7.24. The van der Waals surface area contributed by atoms with Gasteiger partial charge in [-0.15, -0.1) is 0 Å². The van der Waals surface area contributed by atoms with Gasteiger partial charge in [0.1, 0.15) is 5.70 Å². The van der Waals surface area contributed by atoms with Gasteiger partial charge in [-0.05, 0) is 13.0 Å². The zero-order valence-corrected chi connectivity index (χ0v) is 11.9. The first kappa shape index (κ1) is 14.0. The number of hydrogen-bond donors (Lipinski definition) is 2. The molecule has 0 spiro atoms. The van der Waals surface area contributed by atoms with Crippen LogP contribution in [0.25, 0.3) is 0 Å². The Kier molecular flexibility index (Phi) is 3.42. The molecule has 3 rings (SSSR count). The normalized spacial score (nSPS) is 25.6. The van der Waals surface area contributed by atoms with E-state index < -0.39 is 18.0 Å². The van der Waals surface area contributed by atoms with Gasteiger partial charge in [-0.25, -0.2) is 14.8 Å². The van der Waals surface area contributed by atoms with E-state index in [1.54, 1.807) is 25.4 Å². The molecule has 8 heteroatoms. The van der Waals surface area contributed by atoms with Crippen molar-refractivity contribution in [1.82, 2.24) is 14.9 Å². The van der Waals surface area contributed by atoms with Crippen LogP contribution < -0.4 is 0 Å². The van der Waals surface area contributed by atoms with Gasteiger partial charge in [0.2, 0.25) is 5.91 Å². The summed E-state index contributed by atoms with van der Waals surface area (Å²) in [6.07, 6.45) is 2.77. The molecule has 1 aromatic rings. The summed E-state index contributed by atoms with van der Waals surface area (Å²) >= 11 is 1.15. The summed E-state index contributed by atoms with van der Waals surface area (Å²) in [5.74, 6) is -2.01. The number of carboxylic acids is 1. The summed E-state index contributed by atoms with van der Waals surface area (Å²) in [5.41, 5.74) is -0.0145. The van der Waals surface area contributed by atoms with Crippen LogP contribution in [0.2, 0.25) is 0 Å². The van der Waals surface area contributed by atoms with Crippen LogP contribution >= 0.6 is 11.8 Å².